The first-order valence-electron chi connectivity index (χ1n) is 4.22. The molecule has 0 aliphatic heterocycles. The summed E-state index contributed by atoms with van der Waals surface area (Å²) in [5, 5.41) is 6.84. The minimum absolute atomic E-state index is 1.04. The Hall–Kier alpha value is -0.500. The fraction of sp³-hybridized carbons (Fsp3) is 0.556. The summed E-state index contributed by atoms with van der Waals surface area (Å²) in [5.41, 5.74) is 0. The van der Waals surface area contributed by atoms with E-state index in [1.54, 1.807) is 11.3 Å². The third-order valence-electron chi connectivity index (χ3n) is 2.07. The SMILES string of the molecule is c1csc(NCCC2CC2)c1. The van der Waals surface area contributed by atoms with Crippen molar-refractivity contribution in [1.82, 2.24) is 0 Å². The zero-order valence-corrected chi connectivity index (χ0v) is 7.36. The molecule has 0 unspecified atom stereocenters. The van der Waals surface area contributed by atoms with E-state index in [1.807, 2.05) is 0 Å². The first kappa shape index (κ1) is 7.17. The zero-order chi connectivity index (χ0) is 7.52. The Morgan fingerprint density at radius 3 is 3.09 bits per heavy atom. The normalized spacial score (nSPS) is 16.7. The molecule has 0 radical (unpaired) electrons. The van der Waals surface area contributed by atoms with Crippen molar-refractivity contribution in [2.45, 2.75) is 19.3 Å². The average molecular weight is 167 g/mol. The summed E-state index contributed by atoms with van der Waals surface area (Å²) in [7, 11) is 0. The Labute approximate surface area is 71.4 Å². The highest BCUT2D eigenvalue weighted by Gasteiger charge is 2.19. The van der Waals surface area contributed by atoms with Crippen LogP contribution in [-0.2, 0) is 0 Å². The monoisotopic (exact) mass is 167 g/mol. The minimum atomic E-state index is 1.04. The predicted molar refractivity (Wildman–Crippen MR) is 50.1 cm³/mol. The van der Waals surface area contributed by atoms with Crippen molar-refractivity contribution in [2.24, 2.45) is 5.92 Å². The van der Waals surface area contributed by atoms with Gasteiger partial charge in [0.25, 0.3) is 0 Å². The smallest absolute Gasteiger partial charge is 0.0882 e. The van der Waals surface area contributed by atoms with Crippen molar-refractivity contribution in [3.8, 4) is 0 Å². The summed E-state index contributed by atoms with van der Waals surface area (Å²) in [5.74, 6) is 1.04. The molecule has 1 fully saturated rings. The van der Waals surface area contributed by atoms with E-state index in [9.17, 15) is 0 Å². The van der Waals surface area contributed by atoms with Crippen molar-refractivity contribution in [3.63, 3.8) is 0 Å². The predicted octanol–water partition coefficient (Wildman–Crippen LogP) is 2.96. The van der Waals surface area contributed by atoms with Crippen LogP contribution in [-0.4, -0.2) is 6.54 Å². The van der Waals surface area contributed by atoms with Crippen molar-refractivity contribution in [1.29, 1.82) is 0 Å². The number of rotatable bonds is 4. The fourth-order valence-corrected chi connectivity index (χ4v) is 1.83. The molecule has 0 saturated heterocycles. The Bertz CT molecular complexity index is 201. The zero-order valence-electron chi connectivity index (χ0n) is 6.55. The van der Waals surface area contributed by atoms with E-state index in [0.29, 0.717) is 0 Å². The molecular weight excluding hydrogens is 154 g/mol. The Morgan fingerprint density at radius 1 is 1.55 bits per heavy atom. The molecule has 1 aromatic rings. The molecule has 1 aliphatic rings. The van der Waals surface area contributed by atoms with Gasteiger partial charge in [-0.25, -0.2) is 0 Å². The molecule has 0 atom stereocenters. The van der Waals surface area contributed by atoms with Crippen LogP contribution in [0, 0.1) is 5.92 Å². The average Bonchev–Trinajstić information content (AvgIpc) is 2.66. The lowest BCUT2D eigenvalue weighted by Gasteiger charge is -2.00. The van der Waals surface area contributed by atoms with Gasteiger partial charge >= 0.3 is 0 Å². The second-order valence-electron chi connectivity index (χ2n) is 3.14. The first-order valence-corrected chi connectivity index (χ1v) is 5.10. The van der Waals surface area contributed by atoms with Gasteiger partial charge in [-0.2, -0.15) is 0 Å². The van der Waals surface area contributed by atoms with Crippen LogP contribution in [0.3, 0.4) is 0 Å². The van der Waals surface area contributed by atoms with Gasteiger partial charge in [-0.15, -0.1) is 11.3 Å². The van der Waals surface area contributed by atoms with Crippen LogP contribution in [0.5, 0.6) is 0 Å². The Balaban J connectivity index is 1.66. The lowest BCUT2D eigenvalue weighted by Crippen LogP contribution is -1.99. The van der Waals surface area contributed by atoms with Gasteiger partial charge in [0.15, 0.2) is 0 Å². The summed E-state index contributed by atoms with van der Waals surface area (Å²) in [6, 6.07) is 4.22. The van der Waals surface area contributed by atoms with Gasteiger partial charge in [0, 0.05) is 6.54 Å². The highest BCUT2D eigenvalue weighted by Crippen LogP contribution is 2.32. The van der Waals surface area contributed by atoms with Crippen LogP contribution < -0.4 is 5.32 Å². The molecule has 1 nitrogen and oxygen atoms in total. The molecule has 0 amide bonds. The lowest BCUT2D eigenvalue weighted by molar-refractivity contribution is 0.761. The highest BCUT2D eigenvalue weighted by atomic mass is 32.1. The van der Waals surface area contributed by atoms with E-state index < -0.39 is 0 Å². The van der Waals surface area contributed by atoms with Crippen molar-refractivity contribution < 1.29 is 0 Å². The van der Waals surface area contributed by atoms with E-state index in [2.05, 4.69) is 22.8 Å². The van der Waals surface area contributed by atoms with Crippen LogP contribution in [0.15, 0.2) is 17.5 Å². The molecule has 1 saturated carbocycles. The van der Waals surface area contributed by atoms with E-state index in [-0.39, 0.29) is 0 Å². The fourth-order valence-electron chi connectivity index (χ4n) is 1.19. The maximum Gasteiger partial charge on any atom is 0.0882 e. The number of nitrogens with one attached hydrogen (secondary N) is 1. The highest BCUT2D eigenvalue weighted by molar-refractivity contribution is 7.14. The van der Waals surface area contributed by atoms with E-state index in [4.69, 9.17) is 0 Å². The first-order chi connectivity index (χ1) is 5.45. The molecule has 0 aromatic carbocycles. The molecular formula is C9H13NS. The molecule has 0 spiro atoms. The molecule has 1 aliphatic carbocycles. The maximum atomic E-state index is 3.41. The molecule has 11 heavy (non-hydrogen) atoms. The molecule has 1 N–H and O–H groups in total. The van der Waals surface area contributed by atoms with Gasteiger partial charge in [0.1, 0.15) is 0 Å². The molecule has 2 heteroatoms. The van der Waals surface area contributed by atoms with Gasteiger partial charge in [-0.1, -0.05) is 12.8 Å². The van der Waals surface area contributed by atoms with Gasteiger partial charge in [-0.3, -0.25) is 0 Å². The number of hydrogen-bond donors (Lipinski definition) is 1. The van der Waals surface area contributed by atoms with Crippen LogP contribution in [0.4, 0.5) is 5.00 Å². The third-order valence-corrected chi connectivity index (χ3v) is 2.90. The number of anilines is 1. The third kappa shape index (κ3) is 2.22. The van der Waals surface area contributed by atoms with Gasteiger partial charge in [-0.05, 0) is 29.9 Å². The Kier molecular flexibility index (Phi) is 2.13. The van der Waals surface area contributed by atoms with E-state index in [0.717, 1.165) is 12.5 Å². The number of hydrogen-bond acceptors (Lipinski definition) is 2. The number of thiophene rings is 1. The summed E-state index contributed by atoms with van der Waals surface area (Å²) in [6.45, 7) is 1.16. The van der Waals surface area contributed by atoms with Crippen LogP contribution >= 0.6 is 11.3 Å². The molecule has 60 valence electrons. The molecule has 2 rings (SSSR count). The van der Waals surface area contributed by atoms with Gasteiger partial charge in [0.05, 0.1) is 5.00 Å². The summed E-state index contributed by atoms with van der Waals surface area (Å²) >= 11 is 1.78. The summed E-state index contributed by atoms with van der Waals surface area (Å²) in [6.07, 6.45) is 4.29. The Morgan fingerprint density at radius 2 is 2.45 bits per heavy atom. The lowest BCUT2D eigenvalue weighted by atomic mass is 10.3. The molecule has 1 heterocycles. The quantitative estimate of drug-likeness (QED) is 0.727. The van der Waals surface area contributed by atoms with Gasteiger partial charge < -0.3 is 5.32 Å². The van der Waals surface area contributed by atoms with Crippen molar-refractivity contribution >= 4 is 16.3 Å². The second-order valence-corrected chi connectivity index (χ2v) is 4.08. The summed E-state index contributed by atoms with van der Waals surface area (Å²) < 4.78 is 0. The second kappa shape index (κ2) is 3.26. The van der Waals surface area contributed by atoms with Crippen molar-refractivity contribution in [3.05, 3.63) is 17.5 Å². The van der Waals surface area contributed by atoms with Gasteiger partial charge in [0.2, 0.25) is 0 Å². The van der Waals surface area contributed by atoms with Crippen molar-refractivity contribution in [2.75, 3.05) is 11.9 Å². The standard InChI is InChI=1S/C9H13NS/c1-2-9(11-7-1)10-6-5-8-3-4-8/h1-2,7-8,10H,3-6H2. The maximum absolute atomic E-state index is 3.41. The van der Waals surface area contributed by atoms with E-state index in [1.165, 1.54) is 24.3 Å². The summed E-state index contributed by atoms with van der Waals surface area (Å²) in [4.78, 5) is 0. The minimum Gasteiger partial charge on any atom is -0.377 e. The molecule has 1 aromatic heterocycles. The largest absolute Gasteiger partial charge is 0.377 e. The topological polar surface area (TPSA) is 12.0 Å². The molecule has 0 bridgehead atoms. The van der Waals surface area contributed by atoms with Crippen LogP contribution in [0.1, 0.15) is 19.3 Å². The van der Waals surface area contributed by atoms with Crippen LogP contribution in [0.25, 0.3) is 0 Å². The van der Waals surface area contributed by atoms with Crippen LogP contribution in [0.2, 0.25) is 0 Å². The van der Waals surface area contributed by atoms with E-state index >= 15 is 0 Å².